The normalized spacial score (nSPS) is 11.4. The topological polar surface area (TPSA) is 143 Å². The molecule has 0 saturated heterocycles. The van der Waals surface area contributed by atoms with Crippen molar-refractivity contribution in [2.75, 3.05) is 44.9 Å². The second kappa shape index (κ2) is 13.9. The molecule has 4 aromatic rings. The third-order valence-corrected chi connectivity index (χ3v) is 6.30. The van der Waals surface area contributed by atoms with Gasteiger partial charge in [-0.25, -0.2) is 14.4 Å². The Labute approximate surface area is 238 Å². The molecule has 4 rings (SSSR count). The highest BCUT2D eigenvalue weighted by Gasteiger charge is 2.22. The number of rotatable bonds is 15. The summed E-state index contributed by atoms with van der Waals surface area (Å²) in [4.78, 5) is 24.3. The zero-order chi connectivity index (χ0) is 29.4. The number of aromatic nitrogens is 4. The smallest absolute Gasteiger partial charge is 0.223 e. The van der Waals surface area contributed by atoms with E-state index >= 15 is 0 Å². The number of nitrogens with two attached hydrogens (primary N) is 1. The van der Waals surface area contributed by atoms with E-state index in [9.17, 15) is 14.3 Å². The molecule has 0 aliphatic rings. The molecule has 12 heteroatoms. The summed E-state index contributed by atoms with van der Waals surface area (Å²) >= 11 is 0. The monoisotopic (exact) mass is 565 g/mol. The van der Waals surface area contributed by atoms with E-state index in [1.807, 2.05) is 0 Å². The maximum atomic E-state index is 14.3. The Morgan fingerprint density at radius 1 is 1.15 bits per heavy atom. The third-order valence-electron chi connectivity index (χ3n) is 6.30. The lowest BCUT2D eigenvalue weighted by molar-refractivity contribution is -0.117. The predicted octanol–water partition coefficient (Wildman–Crippen LogP) is 3.72. The molecule has 0 atom stereocenters. The molecule has 0 bridgehead atoms. The van der Waals surface area contributed by atoms with E-state index in [0.717, 1.165) is 19.5 Å². The SMILES string of the molecule is COc1cc2c(N(c3cccc(F)c3)c3cc(CC(N)=O)[nH]n3)ncnc2cc1OCCCN(CCO)CC(C)C. The number of hydrogen-bond donors (Lipinski definition) is 3. The van der Waals surface area contributed by atoms with Gasteiger partial charge in [0.05, 0.1) is 37.9 Å². The van der Waals surface area contributed by atoms with Crippen LogP contribution in [0.15, 0.2) is 48.8 Å². The van der Waals surface area contributed by atoms with Crippen LogP contribution >= 0.6 is 0 Å². The van der Waals surface area contributed by atoms with Crippen molar-refractivity contribution in [1.82, 2.24) is 25.1 Å². The highest BCUT2D eigenvalue weighted by molar-refractivity contribution is 5.96. The van der Waals surface area contributed by atoms with Gasteiger partial charge in [0.15, 0.2) is 17.3 Å². The fourth-order valence-corrected chi connectivity index (χ4v) is 4.64. The summed E-state index contributed by atoms with van der Waals surface area (Å²) in [6.45, 7) is 7.19. The van der Waals surface area contributed by atoms with E-state index < -0.39 is 11.7 Å². The average Bonchev–Trinajstić information content (AvgIpc) is 3.37. The summed E-state index contributed by atoms with van der Waals surface area (Å²) < 4.78 is 26.1. The lowest BCUT2D eigenvalue weighted by atomic mass is 10.1. The Morgan fingerprint density at radius 2 is 1.98 bits per heavy atom. The highest BCUT2D eigenvalue weighted by Crippen LogP contribution is 2.40. The predicted molar refractivity (Wildman–Crippen MR) is 154 cm³/mol. The van der Waals surface area contributed by atoms with Gasteiger partial charge in [-0.2, -0.15) is 5.10 Å². The molecule has 0 radical (unpaired) electrons. The Morgan fingerprint density at radius 3 is 2.68 bits per heavy atom. The van der Waals surface area contributed by atoms with Crippen molar-refractivity contribution in [3.63, 3.8) is 0 Å². The van der Waals surface area contributed by atoms with E-state index in [4.69, 9.17) is 15.2 Å². The van der Waals surface area contributed by atoms with Gasteiger partial charge in [0, 0.05) is 42.8 Å². The first-order valence-corrected chi connectivity index (χ1v) is 13.5. The second-order valence-corrected chi connectivity index (χ2v) is 10.0. The van der Waals surface area contributed by atoms with Crippen LogP contribution in [0.1, 0.15) is 26.0 Å². The molecule has 41 heavy (non-hydrogen) atoms. The first-order chi connectivity index (χ1) is 19.8. The van der Waals surface area contributed by atoms with Crippen molar-refractivity contribution in [3.05, 3.63) is 60.3 Å². The summed E-state index contributed by atoms with van der Waals surface area (Å²) in [6.07, 6.45) is 2.15. The number of H-pyrrole nitrogens is 1. The van der Waals surface area contributed by atoms with Crippen molar-refractivity contribution in [2.24, 2.45) is 11.7 Å². The number of benzene rings is 2. The van der Waals surface area contributed by atoms with E-state index in [-0.39, 0.29) is 13.0 Å². The summed E-state index contributed by atoms with van der Waals surface area (Å²) in [6, 6.07) is 11.3. The Balaban J connectivity index is 1.66. The van der Waals surface area contributed by atoms with Gasteiger partial charge in [0.25, 0.3) is 0 Å². The van der Waals surface area contributed by atoms with Crippen molar-refractivity contribution in [2.45, 2.75) is 26.7 Å². The van der Waals surface area contributed by atoms with Crippen LogP contribution in [0.25, 0.3) is 10.9 Å². The van der Waals surface area contributed by atoms with Gasteiger partial charge >= 0.3 is 0 Å². The molecule has 0 spiro atoms. The number of fused-ring (bicyclic) bond motifs is 1. The van der Waals surface area contributed by atoms with Crippen LogP contribution in [-0.4, -0.2) is 76.0 Å². The van der Waals surface area contributed by atoms with Gasteiger partial charge in [-0.15, -0.1) is 0 Å². The van der Waals surface area contributed by atoms with Gasteiger partial charge in [-0.05, 0) is 36.6 Å². The van der Waals surface area contributed by atoms with Crippen LogP contribution in [0.2, 0.25) is 0 Å². The molecule has 0 aliphatic heterocycles. The van der Waals surface area contributed by atoms with Crippen LogP contribution in [0.5, 0.6) is 11.5 Å². The standard InChI is InChI=1S/C29H36FN7O4/c1-19(2)17-36(9-10-38)8-5-11-41-26-16-24-23(15-25(26)40-3)29(33-18-32-24)37(22-7-4-6-20(30)12-22)28-14-21(34-35-28)13-27(31)39/h4,6-7,12,14-16,18-19,38H,5,8-11,13,17H2,1-3H3,(H2,31,39)(H,34,35). The summed E-state index contributed by atoms with van der Waals surface area (Å²) in [5.41, 5.74) is 6.91. The Kier molecular flexibility index (Phi) is 10.0. The lowest BCUT2D eigenvalue weighted by Crippen LogP contribution is -2.32. The molecule has 1 amide bonds. The molecule has 2 aromatic carbocycles. The van der Waals surface area contributed by atoms with Crippen molar-refractivity contribution < 1.29 is 23.8 Å². The number of anilines is 3. The first kappa shape index (κ1) is 29.7. The Hall–Kier alpha value is -4.29. The number of nitrogens with zero attached hydrogens (tertiary/aromatic N) is 5. The minimum Gasteiger partial charge on any atom is -0.493 e. The van der Waals surface area contributed by atoms with Crippen LogP contribution in [-0.2, 0) is 11.2 Å². The maximum absolute atomic E-state index is 14.3. The molecule has 0 saturated carbocycles. The molecular formula is C29H36FN7O4. The molecular weight excluding hydrogens is 529 g/mol. The average molecular weight is 566 g/mol. The quantitative estimate of drug-likeness (QED) is 0.184. The van der Waals surface area contributed by atoms with Gasteiger partial charge in [0.2, 0.25) is 5.91 Å². The molecule has 0 fully saturated rings. The van der Waals surface area contributed by atoms with Crippen LogP contribution < -0.4 is 20.1 Å². The zero-order valence-corrected chi connectivity index (χ0v) is 23.5. The van der Waals surface area contributed by atoms with E-state index in [0.29, 0.717) is 64.5 Å². The summed E-state index contributed by atoms with van der Waals surface area (Å²) in [7, 11) is 1.55. The highest BCUT2D eigenvalue weighted by atomic mass is 19.1. The van der Waals surface area contributed by atoms with Crippen LogP contribution in [0.4, 0.5) is 21.7 Å². The molecule has 11 nitrogen and oxygen atoms in total. The fraction of sp³-hybridized carbons (Fsp3) is 0.379. The molecule has 0 unspecified atom stereocenters. The number of halogens is 1. The van der Waals surface area contributed by atoms with Gasteiger partial charge in [-0.3, -0.25) is 14.8 Å². The minimum atomic E-state index is -0.511. The number of nitrogens with one attached hydrogen (secondary N) is 1. The lowest BCUT2D eigenvalue weighted by Gasteiger charge is -2.24. The molecule has 2 aromatic heterocycles. The largest absolute Gasteiger partial charge is 0.493 e. The van der Waals surface area contributed by atoms with E-state index in [2.05, 4.69) is 38.9 Å². The number of amides is 1. The van der Waals surface area contributed by atoms with Gasteiger partial charge < -0.3 is 25.2 Å². The minimum absolute atomic E-state index is 0.0295. The molecule has 4 N–H and O–H groups in total. The fourth-order valence-electron chi connectivity index (χ4n) is 4.64. The molecule has 218 valence electrons. The zero-order valence-electron chi connectivity index (χ0n) is 23.5. The molecule has 0 aliphatic carbocycles. The summed E-state index contributed by atoms with van der Waals surface area (Å²) in [5.74, 6) is 1.39. The van der Waals surface area contributed by atoms with Crippen molar-refractivity contribution in [1.29, 1.82) is 0 Å². The first-order valence-electron chi connectivity index (χ1n) is 13.5. The second-order valence-electron chi connectivity index (χ2n) is 10.0. The summed E-state index contributed by atoms with van der Waals surface area (Å²) in [5, 5.41) is 17.1. The van der Waals surface area contributed by atoms with Crippen molar-refractivity contribution in [3.8, 4) is 11.5 Å². The number of aliphatic hydroxyl groups excluding tert-OH is 1. The number of carbonyl (C=O) groups is 1. The number of carbonyl (C=O) groups excluding carboxylic acids is 1. The number of ether oxygens (including phenoxy) is 2. The van der Waals surface area contributed by atoms with Crippen molar-refractivity contribution >= 4 is 34.1 Å². The van der Waals surface area contributed by atoms with Gasteiger partial charge in [0.1, 0.15) is 18.0 Å². The number of aromatic amines is 1. The number of primary amides is 1. The molecule has 2 heterocycles. The number of aliphatic hydroxyl groups is 1. The van der Waals surface area contributed by atoms with E-state index in [1.54, 1.807) is 42.3 Å². The van der Waals surface area contributed by atoms with Crippen LogP contribution in [0, 0.1) is 11.7 Å². The van der Waals surface area contributed by atoms with Crippen LogP contribution in [0.3, 0.4) is 0 Å². The van der Waals surface area contributed by atoms with E-state index in [1.165, 1.54) is 18.5 Å². The Bertz CT molecular complexity index is 1460. The van der Waals surface area contributed by atoms with Gasteiger partial charge in [-0.1, -0.05) is 19.9 Å². The maximum Gasteiger partial charge on any atom is 0.223 e. The number of hydrogen-bond acceptors (Lipinski definition) is 9. The third kappa shape index (κ3) is 7.68. The number of methoxy groups -OCH3 is 1.